The Morgan fingerprint density at radius 1 is 1.05 bits per heavy atom. The van der Waals surface area contributed by atoms with Crippen LogP contribution in [0.3, 0.4) is 0 Å². The smallest absolute Gasteiger partial charge is 0.292 e. The van der Waals surface area contributed by atoms with Gasteiger partial charge in [0.05, 0.1) is 17.9 Å². The summed E-state index contributed by atoms with van der Waals surface area (Å²) >= 11 is 0. The Labute approximate surface area is 242 Å². The molecule has 0 saturated heterocycles. The second kappa shape index (κ2) is 12.2. The number of nitrogens with zero attached hydrogens (tertiary/aromatic N) is 3. The van der Waals surface area contributed by atoms with Crippen molar-refractivity contribution in [2.45, 2.75) is 31.7 Å². The van der Waals surface area contributed by atoms with Crippen LogP contribution in [0.15, 0.2) is 71.3 Å². The van der Waals surface area contributed by atoms with Crippen LogP contribution in [0, 0.1) is 23.1 Å². The number of nitriles is 1. The zero-order chi connectivity index (χ0) is 29.8. The number of nitrogens with one attached hydrogen (secondary N) is 2. The van der Waals surface area contributed by atoms with Gasteiger partial charge in [-0.05, 0) is 75.0 Å². The number of hydrogen-bond acceptors (Lipinski definition) is 7. The molecule has 1 fully saturated rings. The van der Waals surface area contributed by atoms with Gasteiger partial charge in [-0.2, -0.15) is 5.26 Å². The first-order valence-corrected chi connectivity index (χ1v) is 13.6. The summed E-state index contributed by atoms with van der Waals surface area (Å²) in [6.07, 6.45) is 5.20. The SMILES string of the molecule is CN(C)[C@H]1CCCC[C@H]1C(=O)Nc1cccc(-c2cc(-c3ccc(F)cc3O)nc(NC(=O)c3ccco3)c2C#N)c1. The normalized spacial score (nSPS) is 16.5. The van der Waals surface area contributed by atoms with Crippen molar-refractivity contribution in [1.82, 2.24) is 9.88 Å². The number of pyridine rings is 1. The average molecular weight is 568 g/mol. The van der Waals surface area contributed by atoms with Crippen molar-refractivity contribution < 1.29 is 23.5 Å². The summed E-state index contributed by atoms with van der Waals surface area (Å²) in [6.45, 7) is 0. The van der Waals surface area contributed by atoms with E-state index >= 15 is 0 Å². The van der Waals surface area contributed by atoms with E-state index in [0.29, 0.717) is 16.8 Å². The Hall–Kier alpha value is -5.01. The van der Waals surface area contributed by atoms with Gasteiger partial charge in [-0.25, -0.2) is 9.37 Å². The zero-order valence-electron chi connectivity index (χ0n) is 23.2. The fraction of sp³-hybridized carbons (Fsp3) is 0.250. The molecule has 2 aromatic carbocycles. The van der Waals surface area contributed by atoms with E-state index in [4.69, 9.17) is 4.42 Å². The van der Waals surface area contributed by atoms with Crippen molar-refractivity contribution in [2.75, 3.05) is 24.7 Å². The molecule has 42 heavy (non-hydrogen) atoms. The summed E-state index contributed by atoms with van der Waals surface area (Å²) in [5, 5.41) is 26.3. The van der Waals surface area contributed by atoms with Crippen molar-refractivity contribution in [1.29, 1.82) is 5.26 Å². The van der Waals surface area contributed by atoms with E-state index in [1.165, 1.54) is 24.5 Å². The highest BCUT2D eigenvalue weighted by Gasteiger charge is 2.32. The lowest BCUT2D eigenvalue weighted by Gasteiger charge is -2.35. The molecule has 0 radical (unpaired) electrons. The lowest BCUT2D eigenvalue weighted by atomic mass is 9.83. The Bertz CT molecular complexity index is 1660. The van der Waals surface area contributed by atoms with Crippen molar-refractivity contribution in [3.05, 3.63) is 84.1 Å². The number of phenols is 1. The van der Waals surface area contributed by atoms with Gasteiger partial charge in [0.1, 0.15) is 23.2 Å². The van der Waals surface area contributed by atoms with Gasteiger partial charge in [0, 0.05) is 28.9 Å². The van der Waals surface area contributed by atoms with Crippen molar-refractivity contribution >= 4 is 23.3 Å². The van der Waals surface area contributed by atoms with Crippen LogP contribution < -0.4 is 10.6 Å². The number of furan rings is 1. The minimum atomic E-state index is -0.630. The lowest BCUT2D eigenvalue weighted by Crippen LogP contribution is -2.43. The first kappa shape index (κ1) is 28.5. The van der Waals surface area contributed by atoms with E-state index < -0.39 is 11.7 Å². The number of rotatable bonds is 7. The topological polar surface area (TPSA) is 131 Å². The molecular formula is C32H30FN5O4. The van der Waals surface area contributed by atoms with E-state index in [2.05, 4.69) is 26.6 Å². The molecule has 3 N–H and O–H groups in total. The van der Waals surface area contributed by atoms with E-state index in [9.17, 15) is 24.3 Å². The number of carbonyl (C=O) groups is 2. The van der Waals surface area contributed by atoms with E-state index in [-0.39, 0.29) is 52.0 Å². The third-order valence-electron chi connectivity index (χ3n) is 7.51. The Morgan fingerprint density at radius 2 is 1.86 bits per heavy atom. The predicted octanol–water partition coefficient (Wildman–Crippen LogP) is 6.04. The Balaban J connectivity index is 1.55. The van der Waals surface area contributed by atoms with Gasteiger partial charge in [0.25, 0.3) is 5.91 Å². The molecule has 1 saturated carbocycles. The molecule has 10 heteroatoms. The fourth-order valence-corrected chi connectivity index (χ4v) is 5.45. The number of hydrogen-bond donors (Lipinski definition) is 3. The van der Waals surface area contributed by atoms with Crippen molar-refractivity contribution in [3.63, 3.8) is 0 Å². The second-order valence-electron chi connectivity index (χ2n) is 10.5. The molecule has 0 unspecified atom stereocenters. The summed E-state index contributed by atoms with van der Waals surface area (Å²) < 4.78 is 18.9. The first-order valence-electron chi connectivity index (χ1n) is 13.6. The van der Waals surface area contributed by atoms with Gasteiger partial charge >= 0.3 is 0 Å². The van der Waals surface area contributed by atoms with Crippen LogP contribution >= 0.6 is 0 Å². The number of carbonyl (C=O) groups excluding carboxylic acids is 2. The molecule has 0 bridgehead atoms. The highest BCUT2D eigenvalue weighted by molar-refractivity contribution is 6.03. The summed E-state index contributed by atoms with van der Waals surface area (Å²) in [5.74, 6) is -1.88. The standard InChI is InChI=1S/C32H30FN5O4/c1-38(2)27-10-4-3-9-23(27)31(40)35-21-8-5-7-19(15-21)24-17-26(22-13-12-20(33)16-28(22)39)36-30(25(24)18-34)37-32(41)29-11-6-14-42-29/h5-8,11-17,23,27,39H,3-4,9-10H2,1-2H3,(H,35,40)(H,36,37,41)/t23-,27+/m1/s1. The van der Waals surface area contributed by atoms with E-state index in [0.717, 1.165) is 31.7 Å². The number of halogens is 1. The monoisotopic (exact) mass is 567 g/mol. The largest absolute Gasteiger partial charge is 0.507 e. The molecule has 0 aliphatic heterocycles. The predicted molar refractivity (Wildman–Crippen MR) is 156 cm³/mol. The van der Waals surface area contributed by atoms with E-state index in [1.807, 2.05) is 14.1 Å². The third kappa shape index (κ3) is 6.01. The van der Waals surface area contributed by atoms with Crippen molar-refractivity contribution in [2.24, 2.45) is 5.92 Å². The third-order valence-corrected chi connectivity index (χ3v) is 7.51. The lowest BCUT2D eigenvalue weighted by molar-refractivity contribution is -0.122. The van der Waals surface area contributed by atoms with Crippen LogP contribution in [0.25, 0.3) is 22.4 Å². The maximum absolute atomic E-state index is 13.8. The number of anilines is 2. The summed E-state index contributed by atoms with van der Waals surface area (Å²) in [6, 6.07) is 17.4. The second-order valence-corrected chi connectivity index (χ2v) is 10.5. The maximum Gasteiger partial charge on any atom is 0.292 e. The zero-order valence-corrected chi connectivity index (χ0v) is 23.2. The van der Waals surface area contributed by atoms with Crippen LogP contribution in [0.4, 0.5) is 15.9 Å². The number of aromatic hydroxyl groups is 1. The molecule has 0 spiro atoms. The Kier molecular flexibility index (Phi) is 8.31. The van der Waals surface area contributed by atoms with Crippen LogP contribution in [-0.2, 0) is 4.79 Å². The fourth-order valence-electron chi connectivity index (χ4n) is 5.45. The highest BCUT2D eigenvalue weighted by atomic mass is 19.1. The highest BCUT2D eigenvalue weighted by Crippen LogP contribution is 2.37. The van der Waals surface area contributed by atoms with Crippen molar-refractivity contribution in [3.8, 4) is 34.2 Å². The summed E-state index contributed by atoms with van der Waals surface area (Å²) in [5.41, 5.74) is 1.96. The number of amides is 2. The molecular weight excluding hydrogens is 537 g/mol. The van der Waals surface area contributed by atoms with Gasteiger partial charge in [0.15, 0.2) is 11.6 Å². The number of aromatic nitrogens is 1. The molecule has 5 rings (SSSR count). The molecule has 9 nitrogen and oxygen atoms in total. The molecule has 4 aromatic rings. The molecule has 2 atom stereocenters. The molecule has 214 valence electrons. The summed E-state index contributed by atoms with van der Waals surface area (Å²) in [7, 11) is 3.98. The van der Waals surface area contributed by atoms with Gasteiger partial charge in [-0.3, -0.25) is 9.59 Å². The molecule has 2 aromatic heterocycles. The van der Waals surface area contributed by atoms with Crippen LogP contribution in [0.2, 0.25) is 0 Å². The van der Waals surface area contributed by atoms with E-state index in [1.54, 1.807) is 36.4 Å². The molecule has 2 heterocycles. The van der Waals surface area contributed by atoms with Crippen LogP contribution in [0.5, 0.6) is 5.75 Å². The van der Waals surface area contributed by atoms with Gasteiger partial charge < -0.3 is 25.1 Å². The minimum Gasteiger partial charge on any atom is -0.507 e. The first-order chi connectivity index (χ1) is 20.2. The number of phenolic OH excluding ortho intramolecular Hbond substituents is 1. The summed E-state index contributed by atoms with van der Waals surface area (Å²) in [4.78, 5) is 32.7. The van der Waals surface area contributed by atoms with Gasteiger partial charge in [0.2, 0.25) is 5.91 Å². The van der Waals surface area contributed by atoms with Crippen LogP contribution in [0.1, 0.15) is 41.8 Å². The molecule has 2 amide bonds. The van der Waals surface area contributed by atoms with Gasteiger partial charge in [-0.1, -0.05) is 25.0 Å². The minimum absolute atomic E-state index is 0.0146. The average Bonchev–Trinajstić information content (AvgIpc) is 3.52. The molecule has 1 aliphatic rings. The number of benzene rings is 2. The maximum atomic E-state index is 13.8. The molecule has 1 aliphatic carbocycles. The van der Waals surface area contributed by atoms with Crippen LogP contribution in [-0.4, -0.2) is 46.9 Å². The van der Waals surface area contributed by atoms with Gasteiger partial charge in [-0.15, -0.1) is 0 Å². The quantitative estimate of drug-likeness (QED) is 0.248. The Morgan fingerprint density at radius 3 is 2.57 bits per heavy atom.